The summed E-state index contributed by atoms with van der Waals surface area (Å²) in [6.45, 7) is 0.245. The van der Waals surface area contributed by atoms with Gasteiger partial charge in [0.2, 0.25) is 0 Å². The maximum atomic E-state index is 11.9. The van der Waals surface area contributed by atoms with Crippen LogP contribution in [0.3, 0.4) is 0 Å². The lowest BCUT2D eigenvalue weighted by Crippen LogP contribution is -2.16. The van der Waals surface area contributed by atoms with Crippen LogP contribution in [0.2, 0.25) is 5.02 Å². The molecule has 0 saturated carbocycles. The molecule has 1 aromatic carbocycles. The summed E-state index contributed by atoms with van der Waals surface area (Å²) >= 11 is 9.20. The number of benzene rings is 1. The maximum Gasteiger partial charge on any atom is 0.339 e. The summed E-state index contributed by atoms with van der Waals surface area (Å²) in [5, 5.41) is 8.43. The number of terminal acetylenes is 1. The van der Waals surface area contributed by atoms with E-state index in [-0.39, 0.29) is 6.61 Å². The molecule has 0 N–H and O–H groups in total. The van der Waals surface area contributed by atoms with Crippen LogP contribution in [0.25, 0.3) is 0 Å². The molecule has 104 valence electrons. The highest BCUT2D eigenvalue weighted by atomic mass is 79.9. The zero-order valence-corrected chi connectivity index (χ0v) is 12.9. The van der Waals surface area contributed by atoms with Crippen molar-refractivity contribution in [2.45, 2.75) is 24.9 Å². The van der Waals surface area contributed by atoms with Gasteiger partial charge in [-0.25, -0.2) is 4.79 Å². The minimum absolute atomic E-state index is 0.245. The van der Waals surface area contributed by atoms with Gasteiger partial charge in [0, 0.05) is 19.3 Å². The van der Waals surface area contributed by atoms with Crippen LogP contribution in [0.15, 0.2) is 32.9 Å². The second-order valence-corrected chi connectivity index (χ2v) is 5.57. The largest absolute Gasteiger partial charge is 0.462 e. The highest BCUT2D eigenvalue weighted by Crippen LogP contribution is 2.36. The van der Waals surface area contributed by atoms with E-state index in [0.717, 1.165) is 0 Å². The van der Waals surface area contributed by atoms with Gasteiger partial charge >= 0.3 is 5.97 Å². The molecule has 0 spiro atoms. The van der Waals surface area contributed by atoms with Crippen molar-refractivity contribution in [2.24, 2.45) is 10.2 Å². The molecule has 2 rings (SSSR count). The lowest BCUT2D eigenvalue weighted by atomic mass is 10.1. The number of esters is 1. The topological polar surface area (TPSA) is 51.0 Å². The van der Waals surface area contributed by atoms with Gasteiger partial charge in [-0.1, -0.05) is 17.7 Å². The van der Waals surface area contributed by atoms with Crippen molar-refractivity contribution in [3.8, 4) is 12.3 Å². The van der Waals surface area contributed by atoms with Gasteiger partial charge in [0.25, 0.3) is 0 Å². The van der Waals surface area contributed by atoms with Crippen LogP contribution < -0.4 is 0 Å². The Balaban J connectivity index is 1.84. The zero-order valence-electron chi connectivity index (χ0n) is 10.6. The van der Waals surface area contributed by atoms with E-state index in [1.54, 1.807) is 18.2 Å². The fourth-order valence-corrected chi connectivity index (χ4v) is 2.32. The van der Waals surface area contributed by atoms with Crippen LogP contribution in [0, 0.1) is 12.3 Å². The zero-order chi connectivity index (χ0) is 14.6. The summed E-state index contributed by atoms with van der Waals surface area (Å²) in [6, 6.07) is 5.04. The number of ether oxygens (including phenoxy) is 1. The van der Waals surface area contributed by atoms with E-state index < -0.39 is 11.6 Å². The van der Waals surface area contributed by atoms with Gasteiger partial charge < -0.3 is 4.74 Å². The van der Waals surface area contributed by atoms with Gasteiger partial charge in [0.15, 0.2) is 5.66 Å². The number of hydrogen-bond donors (Lipinski definition) is 0. The van der Waals surface area contributed by atoms with Crippen LogP contribution in [0.5, 0.6) is 0 Å². The number of rotatable bonds is 6. The van der Waals surface area contributed by atoms with Crippen LogP contribution in [-0.2, 0) is 4.74 Å². The molecule has 0 aliphatic carbocycles. The van der Waals surface area contributed by atoms with Crippen LogP contribution in [0.1, 0.15) is 29.6 Å². The van der Waals surface area contributed by atoms with Crippen molar-refractivity contribution >= 4 is 33.5 Å². The number of carbonyl (C=O) groups is 1. The van der Waals surface area contributed by atoms with Crippen molar-refractivity contribution in [2.75, 3.05) is 6.61 Å². The Morgan fingerprint density at radius 1 is 1.45 bits per heavy atom. The van der Waals surface area contributed by atoms with Crippen molar-refractivity contribution in [3.05, 3.63) is 33.3 Å². The first-order valence-corrected chi connectivity index (χ1v) is 7.24. The second-order valence-electron chi connectivity index (χ2n) is 4.37. The lowest BCUT2D eigenvalue weighted by Gasteiger charge is -2.10. The van der Waals surface area contributed by atoms with E-state index in [1.165, 1.54) is 0 Å². The minimum Gasteiger partial charge on any atom is -0.462 e. The molecule has 1 heterocycles. The van der Waals surface area contributed by atoms with Gasteiger partial charge in [-0.05, 0) is 28.1 Å². The molecule has 0 radical (unpaired) electrons. The molecule has 6 heteroatoms. The Bertz CT molecular complexity index is 589. The van der Waals surface area contributed by atoms with Crippen molar-refractivity contribution in [3.63, 3.8) is 0 Å². The average molecular weight is 356 g/mol. The standard InChI is InChI=1S/C14H12BrClN2O2/c1-2-3-7-14(17-18-14)8-9-20-13(19)10-5-4-6-11(16)12(10)15/h1,4-6H,3,7-9H2. The molecule has 20 heavy (non-hydrogen) atoms. The quantitative estimate of drug-likeness (QED) is 0.566. The molecule has 0 amide bonds. The molecule has 0 atom stereocenters. The summed E-state index contributed by atoms with van der Waals surface area (Å²) in [6.07, 6.45) is 7.07. The Morgan fingerprint density at radius 2 is 2.20 bits per heavy atom. The van der Waals surface area contributed by atoms with E-state index in [1.807, 2.05) is 0 Å². The third kappa shape index (κ3) is 3.59. The summed E-state index contributed by atoms with van der Waals surface area (Å²) in [4.78, 5) is 11.9. The van der Waals surface area contributed by atoms with E-state index >= 15 is 0 Å². The highest BCUT2D eigenvalue weighted by Gasteiger charge is 2.39. The number of hydrogen-bond acceptors (Lipinski definition) is 4. The first-order chi connectivity index (χ1) is 9.58. The molecule has 0 aromatic heterocycles. The Morgan fingerprint density at radius 3 is 2.85 bits per heavy atom. The molecule has 0 fully saturated rings. The van der Waals surface area contributed by atoms with Crippen molar-refractivity contribution in [1.29, 1.82) is 0 Å². The average Bonchev–Trinajstić information content (AvgIpc) is 3.20. The molecule has 0 unspecified atom stereocenters. The molecule has 0 saturated heterocycles. The summed E-state index contributed by atoms with van der Waals surface area (Å²) in [7, 11) is 0. The predicted octanol–water partition coefficient (Wildman–Crippen LogP) is 4.22. The van der Waals surface area contributed by atoms with Crippen LogP contribution >= 0.6 is 27.5 Å². The minimum atomic E-state index is -0.432. The maximum absolute atomic E-state index is 11.9. The van der Waals surface area contributed by atoms with Gasteiger partial charge in [0.05, 0.1) is 21.7 Å². The molecule has 1 aliphatic rings. The highest BCUT2D eigenvalue weighted by molar-refractivity contribution is 9.10. The summed E-state index contributed by atoms with van der Waals surface area (Å²) in [5.41, 5.74) is -0.0297. The number of carbonyl (C=O) groups excluding carboxylic acids is 1. The van der Waals surface area contributed by atoms with E-state index in [9.17, 15) is 4.79 Å². The first kappa shape index (κ1) is 15.0. The fourth-order valence-electron chi connectivity index (χ4n) is 1.71. The van der Waals surface area contributed by atoms with E-state index in [0.29, 0.717) is 34.3 Å². The number of halogens is 2. The van der Waals surface area contributed by atoms with Gasteiger partial charge in [-0.3, -0.25) is 0 Å². The monoisotopic (exact) mass is 354 g/mol. The smallest absolute Gasteiger partial charge is 0.339 e. The third-order valence-corrected chi connectivity index (χ3v) is 4.36. The molecule has 1 aliphatic heterocycles. The normalized spacial score (nSPS) is 14.7. The Kier molecular flexibility index (Phi) is 4.79. The van der Waals surface area contributed by atoms with Crippen LogP contribution in [0.4, 0.5) is 0 Å². The molecule has 1 aromatic rings. The first-order valence-electron chi connectivity index (χ1n) is 6.07. The molecular weight excluding hydrogens is 344 g/mol. The van der Waals surface area contributed by atoms with Crippen molar-refractivity contribution < 1.29 is 9.53 Å². The molecular formula is C14H12BrClN2O2. The fraction of sp³-hybridized carbons (Fsp3) is 0.357. The van der Waals surface area contributed by atoms with Gasteiger partial charge in [-0.15, -0.1) is 12.3 Å². The Hall–Kier alpha value is -1.38. The second kappa shape index (κ2) is 6.38. The van der Waals surface area contributed by atoms with Crippen molar-refractivity contribution in [1.82, 2.24) is 0 Å². The predicted molar refractivity (Wildman–Crippen MR) is 79.7 cm³/mol. The summed E-state index contributed by atoms with van der Waals surface area (Å²) in [5.74, 6) is 2.13. The molecule has 4 nitrogen and oxygen atoms in total. The molecule has 0 bridgehead atoms. The van der Waals surface area contributed by atoms with E-state index in [4.69, 9.17) is 22.8 Å². The lowest BCUT2D eigenvalue weighted by molar-refractivity contribution is 0.0486. The Labute approximate surface area is 130 Å². The summed E-state index contributed by atoms with van der Waals surface area (Å²) < 4.78 is 5.76. The van der Waals surface area contributed by atoms with E-state index in [2.05, 4.69) is 32.1 Å². The van der Waals surface area contributed by atoms with Crippen LogP contribution in [-0.4, -0.2) is 18.2 Å². The SMILES string of the molecule is C#CCCC1(CCOC(=O)c2cccc(Cl)c2Br)N=N1. The van der Waals surface area contributed by atoms with Gasteiger partial charge in [0.1, 0.15) is 0 Å². The third-order valence-electron chi connectivity index (χ3n) is 2.96. The number of nitrogens with zero attached hydrogens (tertiary/aromatic N) is 2. The van der Waals surface area contributed by atoms with Gasteiger partial charge in [-0.2, -0.15) is 10.2 Å².